The zero-order chi connectivity index (χ0) is 42.7. The Morgan fingerprint density at radius 3 is 2.05 bits per heavy atom. The van der Waals surface area contributed by atoms with Crippen LogP contribution in [0.3, 0.4) is 0 Å². The normalized spacial score (nSPS) is 14.5. The number of aromatic hydroxyl groups is 2. The number of ketones is 1. The second-order valence-electron chi connectivity index (χ2n) is 11.7. The first-order valence-electron chi connectivity index (χ1n) is 16.0. The van der Waals surface area contributed by atoms with Gasteiger partial charge in [0.1, 0.15) is 52.0 Å². The van der Waals surface area contributed by atoms with E-state index in [1.165, 1.54) is 20.8 Å². The van der Waals surface area contributed by atoms with Gasteiger partial charge < -0.3 is 67.9 Å². The quantitative estimate of drug-likeness (QED) is 0.0145. The molecule has 0 spiro atoms. The van der Waals surface area contributed by atoms with Crippen LogP contribution in [0.25, 0.3) is 0 Å². The number of carboxylic acids is 1. The summed E-state index contributed by atoms with van der Waals surface area (Å²) in [6, 6.07) is -7.24. The van der Waals surface area contributed by atoms with E-state index in [4.69, 9.17) is 45.4 Å². The van der Waals surface area contributed by atoms with E-state index in [9.17, 15) is 52.3 Å². The number of nitrogens with one attached hydrogen (secondary N) is 6. The molecule has 56 heavy (non-hydrogen) atoms. The largest absolute Gasteiger partial charge is 0.492 e. The minimum atomic E-state index is -5.18. The lowest BCUT2D eigenvalue weighted by atomic mass is 10.1. The van der Waals surface area contributed by atoms with Gasteiger partial charge in [-0.25, -0.2) is 9.17 Å². The molecule has 2 rings (SSSR count). The van der Waals surface area contributed by atoms with Crippen molar-refractivity contribution in [3.8, 4) is 11.8 Å². The number of carboxylic acid groups (broad SMARTS) is 1. The van der Waals surface area contributed by atoms with E-state index in [2.05, 4.69) is 50.7 Å². The molecule has 0 fully saturated rings. The van der Waals surface area contributed by atoms with Crippen LogP contribution in [0.15, 0.2) is 9.41 Å². The number of amides is 3. The lowest BCUT2D eigenvalue weighted by molar-refractivity contribution is -0.141. The molecule has 0 aliphatic heterocycles. The number of aliphatic carboxylic acids is 1. The fraction of sp³-hybridized carbons (Fsp3) is 0.500. The molecule has 0 aromatic carbocycles. The molecule has 25 nitrogen and oxygen atoms in total. The number of aliphatic imine (C=N–C) groups is 1. The Bertz CT molecular complexity index is 1950. The minimum Gasteiger partial charge on any atom is -0.492 e. The highest BCUT2D eigenvalue weighted by molar-refractivity contribution is 7.81. The molecule has 3 amide bonds. The van der Waals surface area contributed by atoms with Gasteiger partial charge in [0.25, 0.3) is 0 Å². The van der Waals surface area contributed by atoms with E-state index in [0.717, 1.165) is 6.92 Å². The van der Waals surface area contributed by atoms with Crippen LogP contribution in [0.4, 0.5) is 0 Å². The van der Waals surface area contributed by atoms with Gasteiger partial charge in [-0.2, -0.15) is 13.4 Å². The third-order valence-electron chi connectivity index (χ3n) is 7.21. The Balaban J connectivity index is 2.19. The number of guanidine groups is 1. The summed E-state index contributed by atoms with van der Waals surface area (Å²) in [6.07, 6.45) is -1.51. The second-order valence-corrected chi connectivity index (χ2v) is 13.6. The number of hydrogen-bond acceptors (Lipinski definition) is 17. The number of oxazole rings is 1. The Labute approximate surface area is 328 Å². The number of H-pyrrole nitrogens is 1. The van der Waals surface area contributed by atoms with Crippen molar-refractivity contribution in [1.29, 1.82) is 0 Å². The van der Waals surface area contributed by atoms with Gasteiger partial charge >= 0.3 is 22.3 Å². The minimum absolute atomic E-state index is 0.0340. The molecule has 15 N–H and O–H groups in total. The van der Waals surface area contributed by atoms with Crippen molar-refractivity contribution in [2.45, 2.75) is 76.8 Å². The lowest BCUT2D eigenvalue weighted by Gasteiger charge is -2.25. The Hall–Kier alpha value is -5.55. The monoisotopic (exact) mass is 851 g/mol. The highest BCUT2D eigenvalue weighted by Crippen LogP contribution is 2.27. The smallest absolute Gasteiger partial charge is 0.397 e. The third kappa shape index (κ3) is 13.9. The summed E-state index contributed by atoms with van der Waals surface area (Å²) < 4.78 is 42.0. The first kappa shape index (κ1) is 46.6. The summed E-state index contributed by atoms with van der Waals surface area (Å²) in [5.74, 6) is -7.47. The van der Waals surface area contributed by atoms with Gasteiger partial charge in [0, 0.05) is 13.0 Å². The number of aromatic nitrogens is 3. The molecule has 0 radical (unpaired) electrons. The van der Waals surface area contributed by atoms with Gasteiger partial charge in [0.05, 0.1) is 6.61 Å². The van der Waals surface area contributed by atoms with Crippen LogP contribution in [0.2, 0.25) is 0 Å². The van der Waals surface area contributed by atoms with Crippen LogP contribution in [-0.2, 0) is 33.8 Å². The molecule has 2 aromatic rings. The summed E-state index contributed by atoms with van der Waals surface area (Å²) in [7, 11) is -5.18. The average Bonchev–Trinajstić information content (AvgIpc) is 3.68. The molecule has 310 valence electrons. The van der Waals surface area contributed by atoms with Crippen molar-refractivity contribution in [1.82, 2.24) is 41.5 Å². The van der Waals surface area contributed by atoms with Crippen molar-refractivity contribution in [2.24, 2.45) is 16.5 Å². The molecule has 0 aliphatic carbocycles. The topological polar surface area (TPSA) is 409 Å². The Morgan fingerprint density at radius 2 is 1.50 bits per heavy atom. The molecule has 2 heterocycles. The Kier molecular flexibility index (Phi) is 17.0. The predicted molar refractivity (Wildman–Crippen MR) is 198 cm³/mol. The van der Waals surface area contributed by atoms with Crippen LogP contribution in [0.5, 0.6) is 11.8 Å². The van der Waals surface area contributed by atoms with Crippen molar-refractivity contribution in [3.05, 3.63) is 23.1 Å². The standard InChI is InChI=1S/C28H41N11O14S3/c1-9(19(42)32-11(3)26(46)47)34-25(55)17-27(48)52-23(38-17)15(12(4)53-56(49,50)51)37-21(44)13(8-40)35-20(43)10(2)33-24(54)16-22(45)39-18(36-16)14(41)6-5-7-31-28(29)30/h9-13,15,40,45,48H,5-8H2,1-4H3,(H,32,42)(H,33,54)(H,34,55)(H,35,43)(H,36,39)(H,37,44)(H,46,47)(H4,29,30,31)(H,49,50,51). The van der Waals surface area contributed by atoms with E-state index < -0.39 is 111 Å². The molecule has 2 aromatic heterocycles. The molecule has 0 aliphatic rings. The molecule has 6 unspecified atom stereocenters. The molecular weight excluding hydrogens is 811 g/mol. The van der Waals surface area contributed by atoms with Gasteiger partial charge in [-0.1, -0.05) is 24.4 Å². The molecule has 6 atom stereocenters. The predicted octanol–water partition coefficient (Wildman–Crippen LogP) is -3.52. The molecular formula is C28H41N11O14S3. The number of thiocarbonyl (C=S) groups is 2. The van der Waals surface area contributed by atoms with E-state index in [1.807, 2.05) is 0 Å². The third-order valence-corrected chi connectivity index (χ3v) is 8.39. The first-order chi connectivity index (χ1) is 25.9. The number of rotatable bonds is 21. The molecule has 0 saturated heterocycles. The van der Waals surface area contributed by atoms with Crippen LogP contribution in [0.1, 0.15) is 74.5 Å². The van der Waals surface area contributed by atoms with Crippen LogP contribution in [-0.4, -0.2) is 137 Å². The van der Waals surface area contributed by atoms with E-state index in [1.54, 1.807) is 0 Å². The number of Topliss-reactive ketones (excluding diaryl/α,β-unsaturated/α-hetero) is 1. The van der Waals surface area contributed by atoms with Crippen LogP contribution < -0.4 is 38.1 Å². The summed E-state index contributed by atoms with van der Waals surface area (Å²) in [5, 5.41) is 51.4. The number of aliphatic hydroxyl groups excluding tert-OH is 1. The Morgan fingerprint density at radius 1 is 0.911 bits per heavy atom. The summed E-state index contributed by atoms with van der Waals surface area (Å²) in [4.78, 5) is 75.5. The number of hydrogen-bond donors (Lipinski definition) is 13. The van der Waals surface area contributed by atoms with Crippen molar-refractivity contribution in [2.75, 3.05) is 13.2 Å². The zero-order valence-electron chi connectivity index (χ0n) is 29.9. The van der Waals surface area contributed by atoms with Crippen molar-refractivity contribution < 1.29 is 66.0 Å². The van der Waals surface area contributed by atoms with Crippen molar-refractivity contribution in [3.63, 3.8) is 0 Å². The summed E-state index contributed by atoms with van der Waals surface area (Å²) in [5.41, 5.74) is 9.75. The molecule has 28 heteroatoms. The highest BCUT2D eigenvalue weighted by Gasteiger charge is 2.35. The molecule has 0 saturated carbocycles. The number of nitrogens with zero attached hydrogens (tertiary/aromatic N) is 3. The average molecular weight is 852 g/mol. The number of carbonyl (C=O) groups is 5. The highest BCUT2D eigenvalue weighted by atomic mass is 32.3. The number of aromatic amines is 1. The lowest BCUT2D eigenvalue weighted by Crippen LogP contribution is -2.55. The maximum atomic E-state index is 13.3. The number of imidazole rings is 1. The van der Waals surface area contributed by atoms with Gasteiger partial charge in [0.15, 0.2) is 23.3 Å². The second kappa shape index (κ2) is 20.4. The summed E-state index contributed by atoms with van der Waals surface area (Å²) in [6.45, 7) is 3.96. The van der Waals surface area contributed by atoms with E-state index >= 15 is 0 Å². The fourth-order valence-corrected chi connectivity index (χ4v) is 5.39. The number of aliphatic hydroxyl groups is 1. The van der Waals surface area contributed by atoms with Gasteiger partial charge in [-0.05, 0) is 34.1 Å². The summed E-state index contributed by atoms with van der Waals surface area (Å²) >= 11 is 10.4. The zero-order valence-corrected chi connectivity index (χ0v) is 32.4. The number of carbonyl (C=O) groups excluding carboxylic acids is 4. The number of nitrogens with two attached hydrogens (primary N) is 2. The van der Waals surface area contributed by atoms with E-state index in [0.29, 0.717) is 0 Å². The van der Waals surface area contributed by atoms with Crippen LogP contribution >= 0.6 is 24.4 Å². The fourth-order valence-electron chi connectivity index (χ4n) is 4.27. The maximum absolute atomic E-state index is 13.3. The maximum Gasteiger partial charge on any atom is 0.397 e. The van der Waals surface area contributed by atoms with Gasteiger partial charge in [-0.3, -0.25) is 33.5 Å². The first-order valence-corrected chi connectivity index (χ1v) is 18.2. The van der Waals surface area contributed by atoms with Crippen molar-refractivity contribution >= 4 is 80.2 Å². The van der Waals surface area contributed by atoms with E-state index in [-0.39, 0.29) is 41.9 Å². The van der Waals surface area contributed by atoms with Crippen LogP contribution in [0, 0.1) is 0 Å². The van der Waals surface area contributed by atoms with Gasteiger partial charge in [-0.15, -0.1) is 0 Å². The molecule has 0 bridgehead atoms. The SMILES string of the molecule is CC(NC(=O)C(C)NC(=S)c1nc(C(NC(=O)C(CO)NC(=O)C(C)NC(=S)c2[nH]c(C(=O)CCCN=C(N)N)nc2O)C(C)OS(=O)(=O)O)oc1O)C(=O)O. The van der Waals surface area contributed by atoms with Gasteiger partial charge in [0.2, 0.25) is 29.5 Å².